The second-order valence-electron chi connectivity index (χ2n) is 12.4. The number of nitrogens with one attached hydrogen (secondary N) is 2. The van der Waals surface area contributed by atoms with E-state index in [9.17, 15) is 24.0 Å². The van der Waals surface area contributed by atoms with Crippen molar-refractivity contribution in [1.29, 1.82) is 0 Å². The van der Waals surface area contributed by atoms with Crippen molar-refractivity contribution in [3.05, 3.63) is 98.4 Å². The van der Waals surface area contributed by atoms with Crippen molar-refractivity contribution >= 4 is 51.0 Å². The highest BCUT2D eigenvalue weighted by atomic mass is 79.9. The molecule has 3 aliphatic heterocycles. The summed E-state index contributed by atoms with van der Waals surface area (Å²) in [5.41, 5.74) is 1.83. The smallest absolute Gasteiger partial charge is 0.274 e. The average molecular weight is 730 g/mol. The molecule has 0 saturated carbocycles. The lowest BCUT2D eigenvalue weighted by Gasteiger charge is -2.36. The van der Waals surface area contributed by atoms with E-state index >= 15 is 0 Å². The van der Waals surface area contributed by atoms with Gasteiger partial charge in [-0.1, -0.05) is 24.3 Å². The fraction of sp³-hybridized carbons (Fsp3) is 0.314. The number of aromatic nitrogens is 2. The van der Waals surface area contributed by atoms with Crippen molar-refractivity contribution in [2.24, 2.45) is 0 Å². The molecule has 2 N–H and O–H groups in total. The molecule has 4 amide bonds. The van der Waals surface area contributed by atoms with Crippen molar-refractivity contribution in [1.82, 2.24) is 24.5 Å². The van der Waals surface area contributed by atoms with Crippen LogP contribution < -0.4 is 25.7 Å². The van der Waals surface area contributed by atoms with Crippen LogP contribution in [0.5, 0.6) is 11.5 Å². The number of halogens is 1. The van der Waals surface area contributed by atoms with Crippen molar-refractivity contribution in [3.63, 3.8) is 0 Å². The highest BCUT2D eigenvalue weighted by Crippen LogP contribution is 2.34. The van der Waals surface area contributed by atoms with E-state index in [1.807, 2.05) is 30.3 Å². The minimum atomic E-state index is -1.05. The van der Waals surface area contributed by atoms with Crippen LogP contribution in [-0.4, -0.2) is 88.2 Å². The SMILES string of the molecule is CN1C[C@H](Nc2nc3ccccn3c(=O)c2Br)C[C@H](c2ccc(OCCOc3cccc4c3C(=O)N(C3CCC(=O)NC3=O)C4=O)cc2)C1. The number of piperidine rings is 2. The van der Waals surface area contributed by atoms with Crippen LogP contribution in [0.25, 0.3) is 5.65 Å². The molecular weight excluding hydrogens is 696 g/mol. The van der Waals surface area contributed by atoms with E-state index in [4.69, 9.17) is 9.47 Å². The second kappa shape index (κ2) is 13.4. The number of fused-ring (bicyclic) bond motifs is 2. The van der Waals surface area contributed by atoms with Crippen molar-refractivity contribution in [2.45, 2.75) is 37.3 Å². The summed E-state index contributed by atoms with van der Waals surface area (Å²) in [6, 6.07) is 17.1. The molecule has 2 aromatic carbocycles. The van der Waals surface area contributed by atoms with E-state index in [1.54, 1.807) is 30.5 Å². The zero-order valence-electron chi connectivity index (χ0n) is 26.6. The third kappa shape index (κ3) is 6.41. The molecule has 3 aliphatic rings. The number of nitrogens with zero attached hydrogens (tertiary/aromatic N) is 4. The monoisotopic (exact) mass is 728 g/mol. The van der Waals surface area contributed by atoms with Gasteiger partial charge in [0.2, 0.25) is 11.8 Å². The van der Waals surface area contributed by atoms with Crippen molar-refractivity contribution in [2.75, 3.05) is 38.7 Å². The van der Waals surface area contributed by atoms with Gasteiger partial charge in [0.1, 0.15) is 46.7 Å². The Morgan fingerprint density at radius 2 is 1.73 bits per heavy atom. The molecule has 1 unspecified atom stereocenters. The quantitative estimate of drug-likeness (QED) is 0.194. The predicted octanol–water partition coefficient (Wildman–Crippen LogP) is 3.22. The molecule has 0 bridgehead atoms. The van der Waals surface area contributed by atoms with Crippen LogP contribution in [0.3, 0.4) is 0 Å². The molecule has 2 saturated heterocycles. The standard InChI is InChI=1S/C35H33BrN6O7/c1-40-18-21(17-22(19-40)37-31-30(36)35(47)41-14-3-2-7-27(41)38-31)20-8-10-23(11-9-20)48-15-16-49-26-6-4-5-24-29(26)34(46)42(33(24)45)25-12-13-28(43)39-32(25)44/h2-11,14,21-22,25,37H,12-13,15-19H2,1H3,(H,39,43,44)/t21-,22+,25?/m0/s1. The van der Waals surface area contributed by atoms with Gasteiger partial charge in [-0.2, -0.15) is 0 Å². The van der Waals surface area contributed by atoms with Gasteiger partial charge in [-0.15, -0.1) is 0 Å². The van der Waals surface area contributed by atoms with Crippen LogP contribution in [0, 0.1) is 0 Å². The Bertz CT molecular complexity index is 2030. The predicted molar refractivity (Wildman–Crippen MR) is 182 cm³/mol. The van der Waals surface area contributed by atoms with Gasteiger partial charge >= 0.3 is 0 Å². The fourth-order valence-corrected chi connectivity index (χ4v) is 7.17. The molecule has 252 valence electrons. The minimum Gasteiger partial charge on any atom is -0.490 e. The maximum atomic E-state index is 13.3. The van der Waals surface area contributed by atoms with Gasteiger partial charge in [0.05, 0.1) is 11.1 Å². The lowest BCUT2D eigenvalue weighted by molar-refractivity contribution is -0.136. The van der Waals surface area contributed by atoms with Gasteiger partial charge in [-0.25, -0.2) is 4.98 Å². The fourth-order valence-electron chi connectivity index (χ4n) is 6.77. The lowest BCUT2D eigenvalue weighted by Crippen LogP contribution is -2.54. The first-order valence-corrected chi connectivity index (χ1v) is 16.8. The Morgan fingerprint density at radius 3 is 2.53 bits per heavy atom. The number of rotatable bonds is 9. The summed E-state index contributed by atoms with van der Waals surface area (Å²) in [6.07, 6.45) is 2.68. The average Bonchev–Trinajstić information content (AvgIpc) is 3.35. The normalized spacial score (nSPS) is 21.1. The Balaban J connectivity index is 0.948. The number of pyridine rings is 1. The molecule has 2 aromatic heterocycles. The van der Waals surface area contributed by atoms with Crippen molar-refractivity contribution in [3.8, 4) is 11.5 Å². The summed E-state index contributed by atoms with van der Waals surface area (Å²) in [7, 11) is 2.08. The van der Waals surface area contributed by atoms with Gasteiger partial charge in [0.25, 0.3) is 17.4 Å². The van der Waals surface area contributed by atoms with Crippen LogP contribution >= 0.6 is 15.9 Å². The summed E-state index contributed by atoms with van der Waals surface area (Å²) < 4.78 is 13.7. The van der Waals surface area contributed by atoms with Gasteiger partial charge in [0.15, 0.2) is 0 Å². The highest BCUT2D eigenvalue weighted by Gasteiger charge is 2.46. The Kier molecular flexibility index (Phi) is 8.90. The van der Waals surface area contributed by atoms with E-state index in [-0.39, 0.29) is 60.5 Å². The van der Waals surface area contributed by atoms with Crippen LogP contribution in [0.1, 0.15) is 51.5 Å². The minimum absolute atomic E-state index is 0.0481. The summed E-state index contributed by atoms with van der Waals surface area (Å²) >= 11 is 3.44. The molecule has 5 heterocycles. The topological polar surface area (TPSA) is 152 Å². The summed E-state index contributed by atoms with van der Waals surface area (Å²) in [5, 5.41) is 5.69. The number of hydrogen-bond donors (Lipinski definition) is 2. The van der Waals surface area contributed by atoms with Crippen molar-refractivity contribution < 1.29 is 28.7 Å². The third-order valence-corrected chi connectivity index (χ3v) is 9.76. The van der Waals surface area contributed by atoms with E-state index in [1.165, 1.54) is 10.5 Å². The van der Waals surface area contributed by atoms with E-state index < -0.39 is 29.7 Å². The molecule has 0 radical (unpaired) electrons. The number of imide groups is 2. The number of carbonyl (C=O) groups is 4. The molecule has 0 spiro atoms. The second-order valence-corrected chi connectivity index (χ2v) is 13.2. The Labute approximate surface area is 289 Å². The summed E-state index contributed by atoms with van der Waals surface area (Å²) in [5.74, 6) is -0.639. The first-order valence-electron chi connectivity index (χ1n) is 16.0. The van der Waals surface area contributed by atoms with Crippen LogP contribution in [0.4, 0.5) is 5.82 Å². The molecule has 49 heavy (non-hydrogen) atoms. The number of carbonyl (C=O) groups excluding carboxylic acids is 4. The van der Waals surface area contributed by atoms with E-state index in [0.717, 1.165) is 30.0 Å². The molecule has 3 atom stereocenters. The number of likely N-dealkylation sites (tertiary alicyclic amines) is 1. The largest absolute Gasteiger partial charge is 0.490 e. The van der Waals surface area contributed by atoms with Gasteiger partial charge in [-0.05, 0) is 83.7 Å². The molecule has 4 aromatic rings. The Hall–Kier alpha value is -5.08. The first-order chi connectivity index (χ1) is 23.7. The Morgan fingerprint density at radius 1 is 0.939 bits per heavy atom. The molecule has 13 nitrogen and oxygen atoms in total. The summed E-state index contributed by atoms with van der Waals surface area (Å²) in [6.45, 7) is 1.98. The maximum Gasteiger partial charge on any atom is 0.274 e. The molecule has 7 rings (SSSR count). The van der Waals surface area contributed by atoms with Crippen LogP contribution in [-0.2, 0) is 9.59 Å². The zero-order valence-corrected chi connectivity index (χ0v) is 28.1. The number of anilines is 1. The van der Waals surface area contributed by atoms with E-state index in [0.29, 0.717) is 21.7 Å². The molecule has 14 heteroatoms. The summed E-state index contributed by atoms with van der Waals surface area (Å²) in [4.78, 5) is 71.0. The van der Waals surface area contributed by atoms with Gasteiger partial charge < -0.3 is 19.7 Å². The molecular formula is C35H33BrN6O7. The van der Waals surface area contributed by atoms with Crippen LogP contribution in [0.2, 0.25) is 0 Å². The number of amides is 4. The number of benzene rings is 2. The number of ether oxygens (including phenoxy) is 2. The first kappa shape index (κ1) is 32.5. The number of likely N-dealkylation sites (N-methyl/N-ethyl adjacent to an activating group) is 1. The van der Waals surface area contributed by atoms with Crippen LogP contribution in [0.15, 0.2) is 76.1 Å². The highest BCUT2D eigenvalue weighted by molar-refractivity contribution is 9.10. The lowest BCUT2D eigenvalue weighted by atomic mass is 9.88. The zero-order chi connectivity index (χ0) is 34.2. The van der Waals surface area contributed by atoms with E-state index in [2.05, 4.69) is 43.5 Å². The third-order valence-electron chi connectivity index (χ3n) is 9.04. The maximum absolute atomic E-state index is 13.3. The van der Waals surface area contributed by atoms with Gasteiger partial charge in [0, 0.05) is 31.7 Å². The number of hydrogen-bond acceptors (Lipinski definition) is 10. The van der Waals surface area contributed by atoms with Gasteiger partial charge in [-0.3, -0.25) is 38.6 Å². The molecule has 2 fully saturated rings. The molecule has 0 aliphatic carbocycles.